The first-order chi connectivity index (χ1) is 14.7. The van der Waals surface area contributed by atoms with E-state index in [1.807, 2.05) is 0 Å². The highest BCUT2D eigenvalue weighted by molar-refractivity contribution is 5.99. The minimum Gasteiger partial charge on any atom is -0.457 e. The van der Waals surface area contributed by atoms with Crippen LogP contribution in [0.1, 0.15) is 25.0 Å². The fraction of sp³-hybridized carbons (Fsp3) is 0.208. The van der Waals surface area contributed by atoms with E-state index in [2.05, 4.69) is 5.32 Å². The van der Waals surface area contributed by atoms with Gasteiger partial charge in [0.1, 0.15) is 17.3 Å². The maximum Gasteiger partial charge on any atom is 0.253 e. The average Bonchev–Trinajstić information content (AvgIpc) is 2.71. The van der Waals surface area contributed by atoms with Crippen molar-refractivity contribution in [2.24, 2.45) is 0 Å². The van der Waals surface area contributed by atoms with Gasteiger partial charge in [-0.15, -0.1) is 0 Å². The Morgan fingerprint density at radius 2 is 1.77 bits per heavy atom. The van der Waals surface area contributed by atoms with E-state index in [1.54, 1.807) is 68.6 Å². The lowest BCUT2D eigenvalue weighted by Gasteiger charge is -2.29. The number of ether oxygens (including phenoxy) is 1. The van der Waals surface area contributed by atoms with Gasteiger partial charge < -0.3 is 9.30 Å². The Bertz CT molecular complexity index is 1170. The lowest BCUT2D eigenvalue weighted by atomic mass is 9.81. The van der Waals surface area contributed by atoms with E-state index in [9.17, 15) is 18.8 Å². The molecule has 0 aliphatic heterocycles. The molecule has 1 aromatic heterocycles. The number of hydrogen-bond acceptors (Lipinski definition) is 4. The predicted molar refractivity (Wildman–Crippen MR) is 115 cm³/mol. The van der Waals surface area contributed by atoms with Gasteiger partial charge in [0.15, 0.2) is 0 Å². The fourth-order valence-electron chi connectivity index (χ4n) is 3.27. The SMILES string of the molecule is CC(=O)NC(=O)C(C)(Cn1cccc(C)c1=O)c1ccc(Oc2cccc(F)c2)cc1. The third-order valence-corrected chi connectivity index (χ3v) is 5.01. The Morgan fingerprint density at radius 3 is 2.42 bits per heavy atom. The standard InChI is InChI=1S/C24H23FN2O4/c1-16-6-5-13-27(22(16)29)15-24(3,23(30)26-17(2)28)18-9-11-20(12-10-18)31-21-8-4-7-19(25)14-21/h4-14H,15H2,1-3H3,(H,26,28,30). The minimum absolute atomic E-state index is 0.0384. The number of halogens is 1. The molecule has 0 aliphatic carbocycles. The molecule has 2 aromatic carbocycles. The molecule has 0 saturated carbocycles. The molecule has 0 bridgehead atoms. The Balaban J connectivity index is 1.95. The van der Waals surface area contributed by atoms with Gasteiger partial charge in [-0.3, -0.25) is 19.7 Å². The Kier molecular flexibility index (Phi) is 6.34. The van der Waals surface area contributed by atoms with Crippen molar-refractivity contribution >= 4 is 11.8 Å². The van der Waals surface area contributed by atoms with Gasteiger partial charge in [0.25, 0.3) is 5.56 Å². The van der Waals surface area contributed by atoms with Crippen LogP contribution in [0.2, 0.25) is 0 Å². The lowest BCUT2D eigenvalue weighted by molar-refractivity contribution is -0.133. The molecule has 1 atom stereocenters. The first kappa shape index (κ1) is 22.0. The van der Waals surface area contributed by atoms with E-state index < -0.39 is 23.0 Å². The number of pyridine rings is 1. The van der Waals surface area contributed by atoms with E-state index in [0.717, 1.165) is 0 Å². The lowest BCUT2D eigenvalue weighted by Crippen LogP contribution is -2.48. The van der Waals surface area contributed by atoms with Gasteiger partial charge in [0.05, 0.1) is 5.41 Å². The van der Waals surface area contributed by atoms with Crippen molar-refractivity contribution < 1.29 is 18.7 Å². The molecule has 3 rings (SSSR count). The van der Waals surface area contributed by atoms with Gasteiger partial charge in [0.2, 0.25) is 11.8 Å². The van der Waals surface area contributed by atoms with Gasteiger partial charge in [-0.2, -0.15) is 0 Å². The van der Waals surface area contributed by atoms with Crippen LogP contribution < -0.4 is 15.6 Å². The first-order valence-electron chi connectivity index (χ1n) is 9.71. The molecule has 6 nitrogen and oxygen atoms in total. The van der Waals surface area contributed by atoms with Crippen molar-refractivity contribution in [1.82, 2.24) is 9.88 Å². The van der Waals surface area contributed by atoms with E-state index in [1.165, 1.54) is 23.6 Å². The summed E-state index contributed by atoms with van der Waals surface area (Å²) in [5.74, 6) is -0.621. The van der Waals surface area contributed by atoms with Crippen molar-refractivity contribution in [1.29, 1.82) is 0 Å². The van der Waals surface area contributed by atoms with Gasteiger partial charge in [-0.1, -0.05) is 24.3 Å². The Morgan fingerprint density at radius 1 is 1.06 bits per heavy atom. The van der Waals surface area contributed by atoms with Crippen LogP contribution in [0.25, 0.3) is 0 Å². The normalized spacial score (nSPS) is 12.6. The third kappa shape index (κ3) is 5.06. The zero-order valence-corrected chi connectivity index (χ0v) is 17.5. The number of aromatic nitrogens is 1. The highest BCUT2D eigenvalue weighted by atomic mass is 19.1. The first-order valence-corrected chi connectivity index (χ1v) is 9.71. The number of rotatable bonds is 6. The molecule has 3 aromatic rings. The van der Waals surface area contributed by atoms with Crippen LogP contribution in [-0.2, 0) is 21.5 Å². The van der Waals surface area contributed by atoms with Crippen LogP contribution in [0.15, 0.2) is 71.7 Å². The molecule has 2 amide bonds. The Hall–Kier alpha value is -3.74. The van der Waals surface area contributed by atoms with Crippen molar-refractivity contribution in [3.05, 3.63) is 94.2 Å². The maximum atomic E-state index is 13.4. The molecule has 0 spiro atoms. The summed E-state index contributed by atoms with van der Waals surface area (Å²) < 4.78 is 20.5. The molecule has 0 saturated heterocycles. The third-order valence-electron chi connectivity index (χ3n) is 5.01. The highest BCUT2D eigenvalue weighted by Gasteiger charge is 2.36. The fourth-order valence-corrected chi connectivity index (χ4v) is 3.27. The van der Waals surface area contributed by atoms with E-state index in [0.29, 0.717) is 22.6 Å². The molecular formula is C24H23FN2O4. The number of hydrogen-bond donors (Lipinski definition) is 1. The van der Waals surface area contributed by atoms with Gasteiger partial charge in [0, 0.05) is 31.3 Å². The van der Waals surface area contributed by atoms with Crippen molar-refractivity contribution in [3.8, 4) is 11.5 Å². The van der Waals surface area contributed by atoms with E-state index in [4.69, 9.17) is 4.74 Å². The van der Waals surface area contributed by atoms with Crippen LogP contribution in [0, 0.1) is 12.7 Å². The summed E-state index contributed by atoms with van der Waals surface area (Å²) in [4.78, 5) is 37.0. The van der Waals surface area contributed by atoms with Crippen molar-refractivity contribution in [2.75, 3.05) is 0 Å². The second-order valence-electron chi connectivity index (χ2n) is 7.55. The number of carbonyl (C=O) groups excluding carboxylic acids is 2. The van der Waals surface area contributed by atoms with Crippen LogP contribution in [0.4, 0.5) is 4.39 Å². The molecule has 1 heterocycles. The average molecular weight is 422 g/mol. The molecule has 160 valence electrons. The molecule has 0 aliphatic rings. The molecule has 0 fully saturated rings. The van der Waals surface area contributed by atoms with Crippen LogP contribution >= 0.6 is 0 Å². The number of aryl methyl sites for hydroxylation is 1. The smallest absolute Gasteiger partial charge is 0.253 e. The van der Waals surface area contributed by atoms with Crippen molar-refractivity contribution in [2.45, 2.75) is 32.7 Å². The molecule has 1 N–H and O–H groups in total. The van der Waals surface area contributed by atoms with Gasteiger partial charge in [-0.25, -0.2) is 4.39 Å². The number of nitrogens with one attached hydrogen (secondary N) is 1. The summed E-state index contributed by atoms with van der Waals surface area (Å²) in [6.07, 6.45) is 1.61. The van der Waals surface area contributed by atoms with Crippen molar-refractivity contribution in [3.63, 3.8) is 0 Å². The van der Waals surface area contributed by atoms with E-state index in [-0.39, 0.29) is 12.1 Å². The monoisotopic (exact) mass is 422 g/mol. The predicted octanol–water partition coefficient (Wildman–Crippen LogP) is 3.71. The summed E-state index contributed by atoms with van der Waals surface area (Å²) in [7, 11) is 0. The largest absolute Gasteiger partial charge is 0.457 e. The van der Waals surface area contributed by atoms with Crippen LogP contribution in [0.3, 0.4) is 0 Å². The summed E-state index contributed by atoms with van der Waals surface area (Å²) in [6.45, 7) is 4.66. The molecule has 31 heavy (non-hydrogen) atoms. The number of carbonyl (C=O) groups is 2. The van der Waals surface area contributed by atoms with Gasteiger partial charge >= 0.3 is 0 Å². The second kappa shape index (κ2) is 8.95. The summed E-state index contributed by atoms with van der Waals surface area (Å²) in [5, 5.41) is 2.33. The minimum atomic E-state index is -1.21. The summed E-state index contributed by atoms with van der Waals surface area (Å²) in [5.41, 5.74) is -0.280. The molecule has 0 radical (unpaired) electrons. The number of benzene rings is 2. The zero-order valence-electron chi connectivity index (χ0n) is 17.5. The number of amides is 2. The topological polar surface area (TPSA) is 77.4 Å². The zero-order chi connectivity index (χ0) is 22.6. The van der Waals surface area contributed by atoms with Crippen LogP contribution in [0.5, 0.6) is 11.5 Å². The number of imide groups is 1. The molecule has 7 heteroatoms. The quantitative estimate of drug-likeness (QED) is 0.657. The van der Waals surface area contributed by atoms with Crippen LogP contribution in [-0.4, -0.2) is 16.4 Å². The Labute approximate surface area is 179 Å². The highest BCUT2D eigenvalue weighted by Crippen LogP contribution is 2.30. The second-order valence-corrected chi connectivity index (χ2v) is 7.55. The van der Waals surface area contributed by atoms with E-state index >= 15 is 0 Å². The molecule has 1 unspecified atom stereocenters. The number of nitrogens with zero attached hydrogens (tertiary/aromatic N) is 1. The van der Waals surface area contributed by atoms with Gasteiger partial charge in [-0.05, 0) is 49.7 Å². The maximum absolute atomic E-state index is 13.4. The summed E-state index contributed by atoms with van der Waals surface area (Å²) >= 11 is 0. The summed E-state index contributed by atoms with van der Waals surface area (Å²) in [6, 6.07) is 15.9. The molecular weight excluding hydrogens is 399 g/mol.